The second-order valence-electron chi connectivity index (χ2n) is 8.40. The molecule has 4 aromatic carbocycles. The summed E-state index contributed by atoms with van der Waals surface area (Å²) in [7, 11) is 3.03. The minimum Gasteiger partial charge on any atom is -0.507 e. The van der Waals surface area contributed by atoms with E-state index in [-0.39, 0.29) is 11.5 Å². The van der Waals surface area contributed by atoms with Crippen molar-refractivity contribution in [1.82, 2.24) is 0 Å². The van der Waals surface area contributed by atoms with Crippen molar-refractivity contribution in [2.24, 2.45) is 9.98 Å². The van der Waals surface area contributed by atoms with Crippen LogP contribution in [0.15, 0.2) is 94.9 Å². The second kappa shape index (κ2) is 12.0. The Labute approximate surface area is 219 Å². The minimum absolute atomic E-state index is 0.00413. The zero-order valence-electron chi connectivity index (χ0n) is 20.8. The molecule has 0 radical (unpaired) electrons. The van der Waals surface area contributed by atoms with Gasteiger partial charge in [0.15, 0.2) is 0 Å². The van der Waals surface area contributed by atoms with Gasteiger partial charge in [-0.15, -0.1) is 0 Å². The van der Waals surface area contributed by atoms with E-state index in [9.17, 15) is 19.0 Å². The lowest BCUT2D eigenvalue weighted by Crippen LogP contribution is -2.09. The van der Waals surface area contributed by atoms with E-state index in [4.69, 9.17) is 19.5 Å². The number of aromatic hydroxyl groups is 2. The number of phenolic OH excluding ortho intramolecular Hbond substituents is 2. The zero-order chi connectivity index (χ0) is 27.1. The van der Waals surface area contributed by atoms with Crippen LogP contribution in [-0.4, -0.2) is 36.9 Å². The van der Waals surface area contributed by atoms with Crippen LogP contribution in [0.25, 0.3) is 0 Å². The van der Waals surface area contributed by atoms with Crippen LogP contribution in [0.1, 0.15) is 34.3 Å². The van der Waals surface area contributed by atoms with Gasteiger partial charge in [-0.25, -0.2) is 8.78 Å². The smallest absolute Gasteiger partial charge is 0.124 e. The molecule has 4 rings (SSSR count). The zero-order valence-corrected chi connectivity index (χ0v) is 20.8. The highest BCUT2D eigenvalue weighted by Gasteiger charge is 2.24. The number of aliphatic imine (C=N–C) groups is 2. The molecule has 8 heteroatoms. The van der Waals surface area contributed by atoms with Gasteiger partial charge < -0.3 is 19.7 Å². The first-order valence-corrected chi connectivity index (χ1v) is 11.7. The summed E-state index contributed by atoms with van der Waals surface area (Å²) in [6, 6.07) is 19.7. The summed E-state index contributed by atoms with van der Waals surface area (Å²) < 4.78 is 38.1. The van der Waals surface area contributed by atoms with E-state index in [2.05, 4.69) is 0 Å². The van der Waals surface area contributed by atoms with E-state index in [1.165, 1.54) is 63.0 Å². The third kappa shape index (κ3) is 6.34. The fourth-order valence-electron chi connectivity index (χ4n) is 3.87. The molecule has 194 valence electrons. The Bertz CT molecular complexity index is 1330. The first kappa shape index (κ1) is 26.3. The van der Waals surface area contributed by atoms with Crippen LogP contribution < -0.4 is 9.47 Å². The molecule has 0 saturated heterocycles. The summed E-state index contributed by atoms with van der Waals surface area (Å²) >= 11 is 0. The molecule has 4 aromatic rings. The van der Waals surface area contributed by atoms with Crippen molar-refractivity contribution in [3.05, 3.63) is 119 Å². The molecule has 0 saturated carbocycles. The SMILES string of the molecule is COc1ccc(O)c(C=NC(c2ccc(F)cc2)C(N=Cc2cc(OC)ccc2O)c2ccc(F)cc2)c1. The van der Waals surface area contributed by atoms with E-state index in [0.717, 1.165) is 0 Å². The number of hydrogen-bond donors (Lipinski definition) is 2. The number of phenols is 2. The molecular weight excluding hydrogens is 490 g/mol. The number of hydrogen-bond acceptors (Lipinski definition) is 6. The molecule has 0 heterocycles. The average Bonchev–Trinajstić information content (AvgIpc) is 2.93. The molecule has 0 aliphatic rings. The van der Waals surface area contributed by atoms with Crippen molar-refractivity contribution >= 4 is 12.4 Å². The lowest BCUT2D eigenvalue weighted by atomic mass is 9.94. The molecule has 0 fully saturated rings. The monoisotopic (exact) mass is 516 g/mol. The fourth-order valence-corrected chi connectivity index (χ4v) is 3.87. The predicted molar refractivity (Wildman–Crippen MR) is 143 cm³/mol. The van der Waals surface area contributed by atoms with Gasteiger partial charge in [-0.05, 0) is 71.8 Å². The molecular formula is C30H26F2N2O4. The van der Waals surface area contributed by atoms with Crippen LogP contribution in [0.4, 0.5) is 8.78 Å². The van der Waals surface area contributed by atoms with Crippen LogP contribution in [0.5, 0.6) is 23.0 Å². The third-order valence-corrected chi connectivity index (χ3v) is 5.94. The van der Waals surface area contributed by atoms with Crippen molar-refractivity contribution in [1.29, 1.82) is 0 Å². The van der Waals surface area contributed by atoms with Crippen molar-refractivity contribution < 1.29 is 28.5 Å². The predicted octanol–water partition coefficient (Wildman–Crippen LogP) is 6.41. The van der Waals surface area contributed by atoms with Gasteiger partial charge in [0.25, 0.3) is 0 Å². The van der Waals surface area contributed by atoms with Gasteiger partial charge in [0, 0.05) is 23.6 Å². The highest BCUT2D eigenvalue weighted by molar-refractivity contribution is 5.85. The van der Waals surface area contributed by atoms with Crippen LogP contribution in [0, 0.1) is 11.6 Å². The molecule has 0 aromatic heterocycles. The molecule has 0 spiro atoms. The maximum absolute atomic E-state index is 13.8. The Morgan fingerprint density at radius 1 is 0.605 bits per heavy atom. The number of benzene rings is 4. The third-order valence-electron chi connectivity index (χ3n) is 5.94. The van der Waals surface area contributed by atoms with Crippen LogP contribution in [0.2, 0.25) is 0 Å². The standard InChI is InChI=1S/C30H26F2N2O4/c1-37-25-11-13-27(35)21(15-25)17-33-29(19-3-7-23(31)8-4-19)30(20-5-9-24(32)10-6-20)34-18-22-16-26(38-2)12-14-28(22)36/h3-18,29-30,35-36H,1-2H3. The van der Waals surface area contributed by atoms with E-state index in [0.29, 0.717) is 33.8 Å². The summed E-state index contributed by atoms with van der Waals surface area (Å²) in [5.41, 5.74) is 2.07. The van der Waals surface area contributed by atoms with E-state index >= 15 is 0 Å². The van der Waals surface area contributed by atoms with Gasteiger partial charge in [0.05, 0.1) is 14.2 Å². The molecule has 38 heavy (non-hydrogen) atoms. The Hall–Kier alpha value is -4.72. The van der Waals surface area contributed by atoms with Gasteiger partial charge in [0.2, 0.25) is 0 Å². The number of halogens is 2. The maximum Gasteiger partial charge on any atom is 0.124 e. The summed E-state index contributed by atoms with van der Waals surface area (Å²) in [6.45, 7) is 0. The van der Waals surface area contributed by atoms with Gasteiger partial charge >= 0.3 is 0 Å². The van der Waals surface area contributed by atoms with E-state index < -0.39 is 23.7 Å². The Balaban J connectivity index is 1.84. The second-order valence-corrected chi connectivity index (χ2v) is 8.40. The molecule has 0 amide bonds. The number of rotatable bonds is 9. The summed E-state index contributed by atoms with van der Waals surface area (Å²) in [6.07, 6.45) is 2.97. The van der Waals surface area contributed by atoms with E-state index in [1.807, 2.05) is 0 Å². The minimum atomic E-state index is -0.712. The summed E-state index contributed by atoms with van der Waals surface area (Å²) in [4.78, 5) is 9.48. The van der Waals surface area contributed by atoms with Crippen LogP contribution in [0.3, 0.4) is 0 Å². The quantitative estimate of drug-likeness (QED) is 0.252. The Kier molecular flexibility index (Phi) is 8.33. The summed E-state index contributed by atoms with van der Waals surface area (Å²) in [5.74, 6) is 0.231. The summed E-state index contributed by atoms with van der Waals surface area (Å²) in [5, 5.41) is 20.7. The van der Waals surface area contributed by atoms with Crippen molar-refractivity contribution in [2.45, 2.75) is 12.1 Å². The van der Waals surface area contributed by atoms with Gasteiger partial charge in [-0.3, -0.25) is 9.98 Å². The van der Waals surface area contributed by atoms with Crippen molar-refractivity contribution in [2.75, 3.05) is 14.2 Å². The molecule has 2 N–H and O–H groups in total. The number of ether oxygens (including phenoxy) is 2. The average molecular weight is 517 g/mol. The lowest BCUT2D eigenvalue weighted by Gasteiger charge is -2.22. The molecule has 0 bridgehead atoms. The normalized spacial score (nSPS) is 13.1. The van der Waals surface area contributed by atoms with Gasteiger partial charge in [0.1, 0.15) is 46.7 Å². The molecule has 2 unspecified atom stereocenters. The first-order chi connectivity index (χ1) is 18.4. The highest BCUT2D eigenvalue weighted by atomic mass is 19.1. The lowest BCUT2D eigenvalue weighted by molar-refractivity contribution is 0.412. The van der Waals surface area contributed by atoms with Crippen LogP contribution in [-0.2, 0) is 0 Å². The Morgan fingerprint density at radius 2 is 0.974 bits per heavy atom. The maximum atomic E-state index is 13.8. The van der Waals surface area contributed by atoms with Crippen LogP contribution >= 0.6 is 0 Å². The van der Waals surface area contributed by atoms with Crippen molar-refractivity contribution in [3.63, 3.8) is 0 Å². The van der Waals surface area contributed by atoms with Gasteiger partial charge in [-0.2, -0.15) is 0 Å². The highest BCUT2D eigenvalue weighted by Crippen LogP contribution is 2.37. The first-order valence-electron chi connectivity index (χ1n) is 11.7. The van der Waals surface area contributed by atoms with Gasteiger partial charge in [-0.1, -0.05) is 24.3 Å². The Morgan fingerprint density at radius 3 is 1.32 bits per heavy atom. The topological polar surface area (TPSA) is 83.6 Å². The molecule has 0 aliphatic carbocycles. The van der Waals surface area contributed by atoms with E-state index in [1.54, 1.807) is 48.5 Å². The number of methoxy groups -OCH3 is 2. The number of nitrogens with zero attached hydrogens (tertiary/aromatic N) is 2. The molecule has 0 aliphatic heterocycles. The molecule has 6 nitrogen and oxygen atoms in total. The fraction of sp³-hybridized carbons (Fsp3) is 0.133. The van der Waals surface area contributed by atoms with Crippen molar-refractivity contribution in [3.8, 4) is 23.0 Å². The molecule has 2 atom stereocenters. The largest absolute Gasteiger partial charge is 0.507 e.